The first kappa shape index (κ1) is 14.8. The molecule has 0 amide bonds. The minimum atomic E-state index is -1.44. The normalized spacial score (nSPS) is 14.1. The van der Waals surface area contributed by atoms with Crippen molar-refractivity contribution in [3.05, 3.63) is 28.8 Å². The fourth-order valence-corrected chi connectivity index (χ4v) is 1.43. The molecule has 0 aliphatic rings. The molecule has 18 heavy (non-hydrogen) atoms. The lowest BCUT2D eigenvalue weighted by Gasteiger charge is -2.17. The summed E-state index contributed by atoms with van der Waals surface area (Å²) in [5.74, 6) is -1.46. The van der Waals surface area contributed by atoms with E-state index in [9.17, 15) is 19.4 Å². The van der Waals surface area contributed by atoms with E-state index >= 15 is 0 Å². The van der Waals surface area contributed by atoms with Crippen molar-refractivity contribution in [1.29, 1.82) is 0 Å². The van der Waals surface area contributed by atoms with E-state index in [0.717, 1.165) is 12.3 Å². The number of esters is 1. The topological polar surface area (TPSA) is 79.7 Å². The summed E-state index contributed by atoms with van der Waals surface area (Å²) in [7, 11) is 0. The van der Waals surface area contributed by atoms with Crippen LogP contribution in [0.25, 0.3) is 0 Å². The zero-order valence-corrected chi connectivity index (χ0v) is 10.4. The van der Waals surface area contributed by atoms with Gasteiger partial charge < -0.3 is 14.9 Å². The van der Waals surface area contributed by atoms with E-state index in [1.165, 1.54) is 0 Å². The van der Waals surface area contributed by atoms with Crippen molar-refractivity contribution in [3.8, 4) is 0 Å². The number of hydrogen-bond acceptors (Lipinski definition) is 5. The highest BCUT2D eigenvalue weighted by molar-refractivity contribution is 6.29. The molecule has 1 aromatic rings. The molecule has 0 aliphatic heterocycles. The van der Waals surface area contributed by atoms with Crippen LogP contribution in [-0.2, 0) is 9.53 Å². The Hall–Kier alpha value is -1.24. The minimum absolute atomic E-state index is 0.0358. The van der Waals surface area contributed by atoms with Crippen molar-refractivity contribution in [2.75, 3.05) is 6.61 Å². The lowest BCUT2D eigenvalue weighted by Crippen LogP contribution is -2.23. The Labute approximate surface area is 108 Å². The van der Waals surface area contributed by atoms with E-state index in [4.69, 9.17) is 11.6 Å². The molecule has 0 radical (unpaired) electrons. The summed E-state index contributed by atoms with van der Waals surface area (Å²) in [4.78, 5) is 14.6. The molecule has 0 aromatic carbocycles. The Bertz CT molecular complexity index is 430. The van der Waals surface area contributed by atoms with Gasteiger partial charge >= 0.3 is 5.97 Å². The van der Waals surface area contributed by atoms with Gasteiger partial charge in [0.2, 0.25) is 0 Å². The van der Waals surface area contributed by atoms with Crippen molar-refractivity contribution in [3.63, 3.8) is 0 Å². The molecule has 2 atom stereocenters. The van der Waals surface area contributed by atoms with E-state index in [2.05, 4.69) is 9.72 Å². The molecule has 2 N–H and O–H groups in total. The molecule has 0 saturated heterocycles. The van der Waals surface area contributed by atoms with Crippen molar-refractivity contribution in [2.45, 2.75) is 25.6 Å². The average Bonchev–Trinajstić information content (AvgIpc) is 2.32. The van der Waals surface area contributed by atoms with E-state index < -0.39 is 24.0 Å². The summed E-state index contributed by atoms with van der Waals surface area (Å²) in [6, 6.07) is 0.953. The van der Waals surface area contributed by atoms with Crippen LogP contribution in [0.3, 0.4) is 0 Å². The second kappa shape index (κ2) is 6.63. The molecule has 1 rings (SSSR count). The number of aliphatic hydroxyl groups excluding tert-OH is 2. The highest BCUT2D eigenvalue weighted by Gasteiger charge is 2.23. The van der Waals surface area contributed by atoms with E-state index in [1.54, 1.807) is 6.92 Å². The van der Waals surface area contributed by atoms with Crippen molar-refractivity contribution >= 4 is 17.6 Å². The summed E-state index contributed by atoms with van der Waals surface area (Å²) in [6.07, 6.45) is -2.09. The molecule has 100 valence electrons. The number of ether oxygens (including phenoxy) is 1. The molecular formula is C11H13ClFNO4. The van der Waals surface area contributed by atoms with Crippen LogP contribution in [0.4, 0.5) is 4.39 Å². The molecule has 0 saturated carbocycles. The number of hydrogen-bond donors (Lipinski definition) is 2. The van der Waals surface area contributed by atoms with E-state index in [-0.39, 0.29) is 23.7 Å². The maximum absolute atomic E-state index is 13.1. The van der Waals surface area contributed by atoms with Crippen LogP contribution in [0.5, 0.6) is 0 Å². The van der Waals surface area contributed by atoms with Crippen LogP contribution in [0.2, 0.25) is 5.15 Å². The van der Waals surface area contributed by atoms with Crippen LogP contribution in [-0.4, -0.2) is 33.9 Å². The summed E-state index contributed by atoms with van der Waals surface area (Å²) in [5.41, 5.74) is 0.0358. The minimum Gasteiger partial charge on any atom is -0.466 e. The maximum atomic E-state index is 13.1. The predicted molar refractivity (Wildman–Crippen MR) is 61.4 cm³/mol. The largest absolute Gasteiger partial charge is 0.466 e. The summed E-state index contributed by atoms with van der Waals surface area (Å²) >= 11 is 5.39. The van der Waals surface area contributed by atoms with Crippen molar-refractivity contribution in [1.82, 2.24) is 4.98 Å². The van der Waals surface area contributed by atoms with Crippen LogP contribution in [0, 0.1) is 5.82 Å². The average molecular weight is 278 g/mol. The molecule has 1 heterocycles. The predicted octanol–water partition coefficient (Wildman–Crippen LogP) is 1.22. The third-order valence-corrected chi connectivity index (χ3v) is 2.48. The zero-order chi connectivity index (χ0) is 13.7. The van der Waals surface area contributed by atoms with Gasteiger partial charge in [-0.25, -0.2) is 9.37 Å². The number of nitrogens with zero attached hydrogens (tertiary/aromatic N) is 1. The van der Waals surface area contributed by atoms with Gasteiger partial charge in [-0.15, -0.1) is 0 Å². The Kier molecular flexibility index (Phi) is 5.46. The Morgan fingerprint density at radius 3 is 2.83 bits per heavy atom. The molecule has 0 aliphatic carbocycles. The monoisotopic (exact) mass is 277 g/mol. The number of carbonyl (C=O) groups excluding carboxylic acids is 1. The fourth-order valence-electron chi connectivity index (χ4n) is 1.32. The number of carbonyl (C=O) groups is 1. The van der Waals surface area contributed by atoms with Gasteiger partial charge in [-0.2, -0.15) is 0 Å². The molecule has 1 aromatic heterocycles. The first-order chi connectivity index (χ1) is 8.45. The van der Waals surface area contributed by atoms with Crippen molar-refractivity contribution in [2.24, 2.45) is 0 Å². The maximum Gasteiger partial charge on any atom is 0.308 e. The zero-order valence-electron chi connectivity index (χ0n) is 9.64. The number of rotatable bonds is 5. The third kappa shape index (κ3) is 3.90. The lowest BCUT2D eigenvalue weighted by atomic mass is 10.0. The van der Waals surface area contributed by atoms with Crippen LogP contribution in [0.1, 0.15) is 25.0 Å². The molecule has 7 heteroatoms. The van der Waals surface area contributed by atoms with Crippen LogP contribution in [0.15, 0.2) is 12.3 Å². The van der Waals surface area contributed by atoms with Gasteiger partial charge in [0.25, 0.3) is 0 Å². The van der Waals surface area contributed by atoms with Gasteiger partial charge in [-0.1, -0.05) is 11.6 Å². The van der Waals surface area contributed by atoms with Gasteiger partial charge in [0.05, 0.1) is 19.1 Å². The standard InChI is InChI=1S/C11H13ClFNO4/c1-2-18-9(16)4-8(15)10(17)6-3-7(13)11(12)14-5-6/h3,5,8,10,15,17H,2,4H2,1H3. The number of aromatic nitrogens is 1. The molecular weight excluding hydrogens is 265 g/mol. The van der Waals surface area contributed by atoms with Gasteiger partial charge in [-0.3, -0.25) is 4.79 Å². The van der Waals surface area contributed by atoms with Crippen LogP contribution >= 0.6 is 11.6 Å². The lowest BCUT2D eigenvalue weighted by molar-refractivity contribution is -0.147. The summed E-state index contributed by atoms with van der Waals surface area (Å²) < 4.78 is 17.7. The van der Waals surface area contributed by atoms with Gasteiger partial charge in [0, 0.05) is 11.8 Å². The molecule has 0 bridgehead atoms. The second-order valence-corrected chi connectivity index (χ2v) is 3.92. The highest BCUT2D eigenvalue weighted by atomic mass is 35.5. The fraction of sp³-hybridized carbons (Fsp3) is 0.455. The highest BCUT2D eigenvalue weighted by Crippen LogP contribution is 2.21. The van der Waals surface area contributed by atoms with E-state index in [0.29, 0.717) is 0 Å². The number of aliphatic hydroxyl groups is 2. The second-order valence-electron chi connectivity index (χ2n) is 3.56. The molecule has 5 nitrogen and oxygen atoms in total. The quantitative estimate of drug-likeness (QED) is 0.625. The van der Waals surface area contributed by atoms with Crippen molar-refractivity contribution < 1.29 is 24.1 Å². The molecule has 0 fully saturated rings. The Morgan fingerprint density at radius 2 is 2.28 bits per heavy atom. The molecule has 2 unspecified atom stereocenters. The third-order valence-electron chi connectivity index (χ3n) is 2.20. The summed E-state index contributed by atoms with van der Waals surface area (Å²) in [5, 5.41) is 19.0. The first-order valence-corrected chi connectivity index (χ1v) is 5.66. The number of halogens is 2. The van der Waals surface area contributed by atoms with Crippen LogP contribution < -0.4 is 0 Å². The smallest absolute Gasteiger partial charge is 0.308 e. The Morgan fingerprint density at radius 1 is 1.61 bits per heavy atom. The SMILES string of the molecule is CCOC(=O)CC(O)C(O)c1cnc(Cl)c(F)c1. The molecule has 0 spiro atoms. The van der Waals surface area contributed by atoms with Gasteiger partial charge in [0.15, 0.2) is 11.0 Å². The number of pyridine rings is 1. The van der Waals surface area contributed by atoms with Gasteiger partial charge in [0.1, 0.15) is 6.10 Å². The van der Waals surface area contributed by atoms with Gasteiger partial charge in [-0.05, 0) is 13.0 Å². The first-order valence-electron chi connectivity index (χ1n) is 5.28. The Balaban J connectivity index is 2.70. The summed E-state index contributed by atoms with van der Waals surface area (Å²) in [6.45, 7) is 1.80. The van der Waals surface area contributed by atoms with E-state index in [1.807, 2.05) is 0 Å².